The van der Waals surface area contributed by atoms with Gasteiger partial charge in [0.15, 0.2) is 0 Å². The first-order chi connectivity index (χ1) is 9.49. The molecule has 2 atom stereocenters. The summed E-state index contributed by atoms with van der Waals surface area (Å²) in [5.74, 6) is 0.890. The number of aryl methyl sites for hydroxylation is 2. The van der Waals surface area contributed by atoms with Gasteiger partial charge in [0.1, 0.15) is 11.9 Å². The van der Waals surface area contributed by atoms with Crippen LogP contribution in [-0.4, -0.2) is 6.04 Å². The Kier molecular flexibility index (Phi) is 5.24. The van der Waals surface area contributed by atoms with Crippen LogP contribution in [0.25, 0.3) is 0 Å². The van der Waals surface area contributed by atoms with E-state index in [9.17, 15) is 0 Å². The SMILES string of the molecule is CCC(N)C(Oc1cc(C)cc(C)c1)c1ccc(Br)s1. The van der Waals surface area contributed by atoms with Crippen molar-refractivity contribution in [1.82, 2.24) is 0 Å². The largest absolute Gasteiger partial charge is 0.483 e. The zero-order valence-electron chi connectivity index (χ0n) is 12.0. The maximum absolute atomic E-state index is 6.25. The number of hydrogen-bond acceptors (Lipinski definition) is 3. The third-order valence-electron chi connectivity index (χ3n) is 3.19. The molecule has 1 heterocycles. The lowest BCUT2D eigenvalue weighted by Crippen LogP contribution is -2.30. The van der Waals surface area contributed by atoms with Gasteiger partial charge in [0.2, 0.25) is 0 Å². The minimum absolute atomic E-state index is 0.0126. The van der Waals surface area contributed by atoms with Crippen LogP contribution in [0.1, 0.15) is 35.5 Å². The second-order valence-electron chi connectivity index (χ2n) is 5.08. The molecule has 0 amide bonds. The number of thiophene rings is 1. The molecule has 0 aliphatic carbocycles. The van der Waals surface area contributed by atoms with Crippen LogP contribution in [0.2, 0.25) is 0 Å². The van der Waals surface area contributed by atoms with Gasteiger partial charge in [0.25, 0.3) is 0 Å². The van der Waals surface area contributed by atoms with Crippen molar-refractivity contribution in [2.24, 2.45) is 5.73 Å². The van der Waals surface area contributed by atoms with E-state index >= 15 is 0 Å². The van der Waals surface area contributed by atoms with Gasteiger partial charge in [0, 0.05) is 10.9 Å². The van der Waals surface area contributed by atoms with Crippen LogP contribution in [-0.2, 0) is 0 Å². The van der Waals surface area contributed by atoms with Crippen molar-refractivity contribution in [1.29, 1.82) is 0 Å². The molecule has 2 rings (SSSR count). The molecule has 0 aliphatic heterocycles. The summed E-state index contributed by atoms with van der Waals surface area (Å²) < 4.78 is 7.29. The highest BCUT2D eigenvalue weighted by atomic mass is 79.9. The molecule has 0 aliphatic rings. The first-order valence-corrected chi connectivity index (χ1v) is 8.36. The van der Waals surface area contributed by atoms with Crippen LogP contribution in [0.15, 0.2) is 34.1 Å². The number of ether oxygens (including phenoxy) is 1. The van der Waals surface area contributed by atoms with Crippen LogP contribution < -0.4 is 10.5 Å². The summed E-state index contributed by atoms with van der Waals surface area (Å²) in [6.07, 6.45) is 0.780. The Hall–Kier alpha value is -0.840. The maximum atomic E-state index is 6.25. The lowest BCUT2D eigenvalue weighted by molar-refractivity contribution is 0.174. The van der Waals surface area contributed by atoms with E-state index in [2.05, 4.69) is 61.0 Å². The van der Waals surface area contributed by atoms with Gasteiger partial charge in [0.05, 0.1) is 3.79 Å². The van der Waals surface area contributed by atoms with Crippen LogP contribution >= 0.6 is 27.3 Å². The Bertz CT molecular complexity index is 561. The Morgan fingerprint density at radius 2 is 1.85 bits per heavy atom. The van der Waals surface area contributed by atoms with Gasteiger partial charge >= 0.3 is 0 Å². The molecule has 1 aromatic heterocycles. The predicted molar refractivity (Wildman–Crippen MR) is 89.6 cm³/mol. The highest BCUT2D eigenvalue weighted by molar-refractivity contribution is 9.11. The van der Waals surface area contributed by atoms with Crippen molar-refractivity contribution in [3.8, 4) is 5.75 Å². The van der Waals surface area contributed by atoms with E-state index in [1.807, 2.05) is 6.07 Å². The second-order valence-corrected chi connectivity index (χ2v) is 7.57. The zero-order valence-corrected chi connectivity index (χ0v) is 14.4. The van der Waals surface area contributed by atoms with Crippen molar-refractivity contribution in [3.05, 3.63) is 50.1 Å². The average molecular weight is 354 g/mol. The average Bonchev–Trinajstić information content (AvgIpc) is 2.80. The minimum Gasteiger partial charge on any atom is -0.483 e. The number of rotatable bonds is 5. The molecular weight excluding hydrogens is 334 g/mol. The van der Waals surface area contributed by atoms with E-state index in [1.54, 1.807) is 11.3 Å². The summed E-state index contributed by atoms with van der Waals surface area (Å²) in [7, 11) is 0. The molecular formula is C16H20BrNOS. The first kappa shape index (κ1) is 15.5. The minimum atomic E-state index is -0.0995. The number of hydrogen-bond donors (Lipinski definition) is 1. The first-order valence-electron chi connectivity index (χ1n) is 6.75. The molecule has 2 nitrogen and oxygen atoms in total. The monoisotopic (exact) mass is 353 g/mol. The highest BCUT2D eigenvalue weighted by Gasteiger charge is 2.22. The van der Waals surface area contributed by atoms with E-state index in [0.717, 1.165) is 20.8 Å². The molecule has 1 aromatic carbocycles. The van der Waals surface area contributed by atoms with E-state index in [0.29, 0.717) is 0 Å². The second kappa shape index (κ2) is 6.74. The van der Waals surface area contributed by atoms with Crippen molar-refractivity contribution < 1.29 is 4.74 Å². The Labute approximate surface area is 133 Å². The molecule has 2 unspecified atom stereocenters. The number of benzene rings is 1. The topological polar surface area (TPSA) is 35.2 Å². The zero-order chi connectivity index (χ0) is 14.7. The van der Waals surface area contributed by atoms with Crippen molar-refractivity contribution in [2.45, 2.75) is 39.3 Å². The van der Waals surface area contributed by atoms with E-state index < -0.39 is 0 Å². The van der Waals surface area contributed by atoms with Gasteiger partial charge in [-0.25, -0.2) is 0 Å². The smallest absolute Gasteiger partial charge is 0.148 e. The van der Waals surface area contributed by atoms with Gasteiger partial charge < -0.3 is 10.5 Å². The fourth-order valence-electron chi connectivity index (χ4n) is 2.20. The summed E-state index contributed by atoms with van der Waals surface area (Å²) in [4.78, 5) is 1.16. The lowest BCUT2D eigenvalue weighted by Gasteiger charge is -2.23. The molecule has 0 radical (unpaired) electrons. The molecule has 108 valence electrons. The molecule has 0 fully saturated rings. The van der Waals surface area contributed by atoms with Crippen LogP contribution in [0.4, 0.5) is 0 Å². The van der Waals surface area contributed by atoms with Crippen LogP contribution in [0, 0.1) is 13.8 Å². The van der Waals surface area contributed by atoms with Gasteiger partial charge in [-0.05, 0) is 71.6 Å². The highest BCUT2D eigenvalue weighted by Crippen LogP contribution is 2.33. The molecule has 2 N–H and O–H groups in total. The van der Waals surface area contributed by atoms with Crippen LogP contribution in [0.3, 0.4) is 0 Å². The lowest BCUT2D eigenvalue weighted by atomic mass is 10.1. The standard InChI is InChI=1S/C16H20BrNOS/c1-4-13(18)16(14-5-6-15(17)20-14)19-12-8-10(2)7-11(3)9-12/h5-9,13,16H,4,18H2,1-3H3. The fourth-order valence-corrected chi connectivity index (χ4v) is 3.73. The molecule has 0 bridgehead atoms. The molecule has 2 aromatic rings. The Balaban J connectivity index is 2.28. The van der Waals surface area contributed by atoms with Gasteiger partial charge in [-0.2, -0.15) is 0 Å². The maximum Gasteiger partial charge on any atom is 0.148 e. The summed E-state index contributed by atoms with van der Waals surface area (Å²) in [5, 5.41) is 0. The van der Waals surface area contributed by atoms with E-state index in [1.165, 1.54) is 11.1 Å². The fraction of sp³-hybridized carbons (Fsp3) is 0.375. The third-order valence-corrected chi connectivity index (χ3v) is 4.88. The predicted octanol–water partition coefficient (Wildman–Crippen LogP) is 4.98. The van der Waals surface area contributed by atoms with Gasteiger partial charge in [-0.15, -0.1) is 11.3 Å². The molecule has 0 spiro atoms. The van der Waals surface area contributed by atoms with E-state index in [-0.39, 0.29) is 12.1 Å². The Morgan fingerprint density at radius 1 is 1.20 bits per heavy atom. The number of nitrogens with two attached hydrogens (primary N) is 1. The van der Waals surface area contributed by atoms with Crippen molar-refractivity contribution in [2.75, 3.05) is 0 Å². The van der Waals surface area contributed by atoms with Crippen molar-refractivity contribution >= 4 is 27.3 Å². The van der Waals surface area contributed by atoms with E-state index in [4.69, 9.17) is 10.5 Å². The molecule has 4 heteroatoms. The summed E-state index contributed by atoms with van der Waals surface area (Å²) >= 11 is 5.18. The molecule has 20 heavy (non-hydrogen) atoms. The van der Waals surface area contributed by atoms with Crippen LogP contribution in [0.5, 0.6) is 5.75 Å². The quantitative estimate of drug-likeness (QED) is 0.821. The third kappa shape index (κ3) is 3.84. The Morgan fingerprint density at radius 3 is 2.35 bits per heavy atom. The molecule has 0 saturated carbocycles. The molecule has 0 saturated heterocycles. The van der Waals surface area contributed by atoms with Gasteiger partial charge in [-0.1, -0.05) is 13.0 Å². The van der Waals surface area contributed by atoms with Gasteiger partial charge in [-0.3, -0.25) is 0 Å². The normalized spacial score (nSPS) is 14.1. The summed E-state index contributed by atoms with van der Waals surface area (Å²) in [6.45, 7) is 6.25. The summed E-state index contributed by atoms with van der Waals surface area (Å²) in [6, 6.07) is 10.4. The van der Waals surface area contributed by atoms with Crippen molar-refractivity contribution in [3.63, 3.8) is 0 Å². The summed E-state index contributed by atoms with van der Waals surface area (Å²) in [5.41, 5.74) is 8.66. The number of halogens is 1.